The molecule has 0 radical (unpaired) electrons. The highest BCUT2D eigenvalue weighted by molar-refractivity contribution is 7.92. The SMILES string of the molecule is COc1ccc(N(CC(=O)N(CCc2ccccc2)[C@H](C)C(=O)NC2CCCC2)S(C)(=O)=O)c(OC)c1. The maximum Gasteiger partial charge on any atom is 0.244 e. The summed E-state index contributed by atoms with van der Waals surface area (Å²) in [6, 6.07) is 13.7. The molecular weight excluding hydrogens is 494 g/mol. The Hall–Kier alpha value is -3.27. The Labute approximate surface area is 219 Å². The van der Waals surface area contributed by atoms with E-state index < -0.39 is 28.5 Å². The summed E-state index contributed by atoms with van der Waals surface area (Å²) in [5.41, 5.74) is 1.23. The van der Waals surface area contributed by atoms with Gasteiger partial charge >= 0.3 is 0 Å². The molecule has 0 spiro atoms. The zero-order valence-electron chi connectivity index (χ0n) is 22.0. The van der Waals surface area contributed by atoms with Gasteiger partial charge < -0.3 is 19.7 Å². The second-order valence-electron chi connectivity index (χ2n) is 9.30. The summed E-state index contributed by atoms with van der Waals surface area (Å²) in [7, 11) is -0.952. The first-order valence-electron chi connectivity index (χ1n) is 12.5. The van der Waals surface area contributed by atoms with Crippen molar-refractivity contribution in [1.29, 1.82) is 0 Å². The Bertz CT molecular complexity index is 1170. The minimum absolute atomic E-state index is 0.108. The van der Waals surface area contributed by atoms with E-state index in [4.69, 9.17) is 9.47 Å². The van der Waals surface area contributed by atoms with E-state index in [1.165, 1.54) is 25.2 Å². The third kappa shape index (κ3) is 7.61. The predicted octanol–water partition coefficient (Wildman–Crippen LogP) is 2.99. The van der Waals surface area contributed by atoms with Gasteiger partial charge in [-0.15, -0.1) is 0 Å². The van der Waals surface area contributed by atoms with E-state index in [1.807, 2.05) is 30.3 Å². The zero-order valence-corrected chi connectivity index (χ0v) is 22.8. The molecule has 2 aromatic carbocycles. The number of sulfonamides is 1. The average Bonchev–Trinajstić information content (AvgIpc) is 3.40. The first kappa shape index (κ1) is 28.3. The van der Waals surface area contributed by atoms with Crippen molar-refractivity contribution in [1.82, 2.24) is 10.2 Å². The number of nitrogens with zero attached hydrogens (tertiary/aromatic N) is 2. The number of ether oxygens (including phenoxy) is 2. The minimum atomic E-state index is -3.87. The van der Waals surface area contributed by atoms with Crippen LogP contribution >= 0.6 is 0 Å². The number of rotatable bonds is 12. The van der Waals surface area contributed by atoms with Crippen LogP contribution in [0.5, 0.6) is 11.5 Å². The van der Waals surface area contributed by atoms with Crippen molar-refractivity contribution in [2.75, 3.05) is 37.9 Å². The summed E-state index contributed by atoms with van der Waals surface area (Å²) in [6.45, 7) is 1.47. The molecule has 9 nitrogen and oxygen atoms in total. The molecule has 3 rings (SSSR count). The molecule has 0 unspecified atom stereocenters. The average molecular weight is 532 g/mol. The maximum atomic E-state index is 13.7. The molecule has 2 amide bonds. The number of nitrogens with one attached hydrogen (secondary N) is 1. The molecule has 1 atom stereocenters. The summed E-state index contributed by atoms with van der Waals surface area (Å²) in [5, 5.41) is 3.06. The molecule has 10 heteroatoms. The summed E-state index contributed by atoms with van der Waals surface area (Å²) >= 11 is 0. The van der Waals surface area contributed by atoms with Gasteiger partial charge in [-0.1, -0.05) is 43.2 Å². The van der Waals surface area contributed by atoms with Crippen molar-refractivity contribution >= 4 is 27.5 Å². The van der Waals surface area contributed by atoms with Gasteiger partial charge in [0.2, 0.25) is 21.8 Å². The second-order valence-corrected chi connectivity index (χ2v) is 11.2. The van der Waals surface area contributed by atoms with Crippen molar-refractivity contribution in [3.8, 4) is 11.5 Å². The fourth-order valence-corrected chi connectivity index (χ4v) is 5.40. The highest BCUT2D eigenvalue weighted by Gasteiger charge is 2.32. The van der Waals surface area contributed by atoms with Gasteiger partial charge in [-0.3, -0.25) is 13.9 Å². The van der Waals surface area contributed by atoms with Crippen LogP contribution in [0, 0.1) is 0 Å². The third-order valence-electron chi connectivity index (χ3n) is 6.69. The van der Waals surface area contributed by atoms with E-state index in [0.29, 0.717) is 12.2 Å². The van der Waals surface area contributed by atoms with Gasteiger partial charge in [0, 0.05) is 18.7 Å². The van der Waals surface area contributed by atoms with E-state index in [2.05, 4.69) is 5.32 Å². The summed E-state index contributed by atoms with van der Waals surface area (Å²) in [4.78, 5) is 28.2. The van der Waals surface area contributed by atoms with Gasteiger partial charge in [-0.2, -0.15) is 0 Å². The van der Waals surface area contributed by atoms with Crippen LogP contribution in [-0.4, -0.2) is 70.8 Å². The molecule has 0 aromatic heterocycles. The smallest absolute Gasteiger partial charge is 0.244 e. The number of amides is 2. The number of carbonyl (C=O) groups is 2. The Morgan fingerprint density at radius 3 is 2.32 bits per heavy atom. The van der Waals surface area contributed by atoms with Gasteiger partial charge in [0.1, 0.15) is 24.1 Å². The molecule has 1 N–H and O–H groups in total. The van der Waals surface area contributed by atoms with Crippen molar-refractivity contribution in [2.45, 2.75) is 51.1 Å². The monoisotopic (exact) mass is 531 g/mol. The maximum absolute atomic E-state index is 13.7. The largest absolute Gasteiger partial charge is 0.497 e. The number of carbonyl (C=O) groups excluding carboxylic acids is 2. The summed E-state index contributed by atoms with van der Waals surface area (Å²) in [6.07, 6.45) is 5.56. The Morgan fingerprint density at radius 2 is 1.73 bits per heavy atom. The molecule has 1 fully saturated rings. The van der Waals surface area contributed by atoms with Crippen LogP contribution in [0.25, 0.3) is 0 Å². The number of benzene rings is 2. The van der Waals surface area contributed by atoms with E-state index >= 15 is 0 Å². The molecule has 0 heterocycles. The molecule has 0 saturated heterocycles. The predicted molar refractivity (Wildman–Crippen MR) is 143 cm³/mol. The molecule has 1 aliphatic carbocycles. The number of methoxy groups -OCH3 is 2. The van der Waals surface area contributed by atoms with Gasteiger partial charge in [0.15, 0.2) is 0 Å². The molecule has 1 aliphatic rings. The van der Waals surface area contributed by atoms with Gasteiger partial charge in [0.25, 0.3) is 0 Å². The van der Waals surface area contributed by atoms with Crippen LogP contribution in [-0.2, 0) is 26.0 Å². The van der Waals surface area contributed by atoms with Crippen molar-refractivity contribution in [3.05, 3.63) is 54.1 Å². The Morgan fingerprint density at radius 1 is 1.05 bits per heavy atom. The van der Waals surface area contributed by atoms with E-state index in [-0.39, 0.29) is 29.9 Å². The van der Waals surface area contributed by atoms with Crippen molar-refractivity contribution in [2.24, 2.45) is 0 Å². The minimum Gasteiger partial charge on any atom is -0.497 e. The van der Waals surface area contributed by atoms with Gasteiger partial charge in [-0.05, 0) is 43.9 Å². The van der Waals surface area contributed by atoms with E-state index in [1.54, 1.807) is 19.1 Å². The topological polar surface area (TPSA) is 105 Å². The van der Waals surface area contributed by atoms with Crippen molar-refractivity contribution < 1.29 is 27.5 Å². The highest BCUT2D eigenvalue weighted by Crippen LogP contribution is 2.33. The summed E-state index contributed by atoms with van der Waals surface area (Å²) in [5.74, 6) is 0.0250. The number of hydrogen-bond acceptors (Lipinski definition) is 6. The van der Waals surface area contributed by atoms with Gasteiger partial charge in [-0.25, -0.2) is 8.42 Å². The quantitative estimate of drug-likeness (QED) is 0.452. The first-order valence-corrected chi connectivity index (χ1v) is 14.3. The Kier molecular flexibility index (Phi) is 9.79. The standard InChI is InChI=1S/C27H37N3O6S/c1-20(27(32)28-22-12-8-9-13-22)29(17-16-21-10-6-5-7-11-21)26(31)19-30(37(4,33)34)24-15-14-23(35-2)18-25(24)36-3/h5-7,10-11,14-15,18,20,22H,8-9,12-13,16-17,19H2,1-4H3,(H,28,32)/t20-/m1/s1. The lowest BCUT2D eigenvalue weighted by molar-refractivity contribution is -0.139. The molecule has 0 bridgehead atoms. The normalized spacial score (nSPS) is 14.6. The molecule has 37 heavy (non-hydrogen) atoms. The van der Waals surface area contributed by atoms with E-state index in [9.17, 15) is 18.0 Å². The van der Waals surface area contributed by atoms with Crippen LogP contribution in [0.2, 0.25) is 0 Å². The summed E-state index contributed by atoms with van der Waals surface area (Å²) < 4.78 is 37.2. The van der Waals surface area contributed by atoms with Crippen LogP contribution in [0.4, 0.5) is 5.69 Å². The Balaban J connectivity index is 1.87. The lowest BCUT2D eigenvalue weighted by Crippen LogP contribution is -2.53. The molecule has 1 saturated carbocycles. The van der Waals surface area contributed by atoms with E-state index in [0.717, 1.165) is 41.8 Å². The van der Waals surface area contributed by atoms with Crippen LogP contribution in [0.1, 0.15) is 38.2 Å². The molecule has 2 aromatic rings. The van der Waals surface area contributed by atoms with Crippen molar-refractivity contribution in [3.63, 3.8) is 0 Å². The lowest BCUT2D eigenvalue weighted by Gasteiger charge is -2.32. The fraction of sp³-hybridized carbons (Fsp3) is 0.481. The number of hydrogen-bond donors (Lipinski definition) is 1. The lowest BCUT2D eigenvalue weighted by atomic mass is 10.1. The molecule has 202 valence electrons. The fourth-order valence-electron chi connectivity index (χ4n) is 4.55. The first-order chi connectivity index (χ1) is 17.6. The van der Waals surface area contributed by atoms with Crippen LogP contribution in [0.15, 0.2) is 48.5 Å². The molecular formula is C27H37N3O6S. The molecule has 0 aliphatic heterocycles. The zero-order chi connectivity index (χ0) is 27.0. The highest BCUT2D eigenvalue weighted by atomic mass is 32.2. The number of anilines is 1. The second kappa shape index (κ2) is 12.8. The van der Waals surface area contributed by atoms with Crippen LogP contribution in [0.3, 0.4) is 0 Å². The third-order valence-corrected chi connectivity index (χ3v) is 7.81. The van der Waals surface area contributed by atoms with Gasteiger partial charge in [0.05, 0.1) is 26.2 Å². The van der Waals surface area contributed by atoms with Crippen LogP contribution < -0.4 is 19.1 Å².